The van der Waals surface area contributed by atoms with E-state index in [0.717, 1.165) is 38.8 Å². The minimum atomic E-state index is -0.643. The van der Waals surface area contributed by atoms with Crippen molar-refractivity contribution in [3.63, 3.8) is 0 Å². The van der Waals surface area contributed by atoms with Crippen molar-refractivity contribution in [3.05, 3.63) is 0 Å². The highest BCUT2D eigenvalue weighted by Gasteiger charge is 2.45. The molecule has 0 amide bonds. The molecule has 0 aliphatic heterocycles. The number of carboxylic acid groups (broad SMARTS) is 1. The van der Waals surface area contributed by atoms with Gasteiger partial charge in [0.05, 0.1) is 5.92 Å². The lowest BCUT2D eigenvalue weighted by Gasteiger charge is -2.46. The van der Waals surface area contributed by atoms with Crippen molar-refractivity contribution in [1.82, 2.24) is 5.32 Å². The Hall–Kier alpha value is -0.610. The van der Waals surface area contributed by atoms with E-state index in [2.05, 4.69) is 26.1 Å². The lowest BCUT2D eigenvalue weighted by molar-refractivity contribution is -0.150. The van der Waals surface area contributed by atoms with Crippen LogP contribution < -0.4 is 5.32 Å². The Balaban J connectivity index is 2.44. The Morgan fingerprint density at radius 2 is 2.05 bits per heavy atom. The van der Waals surface area contributed by atoms with Crippen LogP contribution >= 0.6 is 0 Å². The molecule has 19 heavy (non-hydrogen) atoms. The largest absolute Gasteiger partial charge is 0.481 e. The van der Waals surface area contributed by atoms with E-state index < -0.39 is 5.97 Å². The summed E-state index contributed by atoms with van der Waals surface area (Å²) < 4.78 is 5.04. The van der Waals surface area contributed by atoms with Crippen LogP contribution in [0.1, 0.15) is 46.5 Å². The average Bonchev–Trinajstić information content (AvgIpc) is 2.33. The molecule has 3 atom stereocenters. The van der Waals surface area contributed by atoms with Crippen LogP contribution in [0.15, 0.2) is 0 Å². The van der Waals surface area contributed by atoms with Crippen molar-refractivity contribution < 1.29 is 14.6 Å². The maximum atomic E-state index is 11.3. The SMILES string of the molecule is COCCCCNC1CCC(C(=O)O)C(C)(C)C1C. The zero-order valence-electron chi connectivity index (χ0n) is 12.7. The summed E-state index contributed by atoms with van der Waals surface area (Å²) in [6, 6.07) is 0.438. The molecule has 112 valence electrons. The lowest BCUT2D eigenvalue weighted by atomic mass is 9.61. The molecule has 1 rings (SSSR count). The number of rotatable bonds is 7. The molecule has 0 aromatic rings. The van der Waals surface area contributed by atoms with E-state index >= 15 is 0 Å². The maximum absolute atomic E-state index is 11.3. The Kier molecular flexibility index (Phi) is 6.27. The van der Waals surface area contributed by atoms with Crippen molar-refractivity contribution in [2.45, 2.75) is 52.5 Å². The molecule has 0 aromatic carbocycles. The van der Waals surface area contributed by atoms with Gasteiger partial charge < -0.3 is 15.2 Å². The standard InChI is InChI=1S/C15H29NO3/c1-11-13(16-9-5-6-10-19-4)8-7-12(14(17)18)15(11,2)3/h11-13,16H,5-10H2,1-4H3,(H,17,18). The van der Waals surface area contributed by atoms with Crippen LogP contribution in [-0.2, 0) is 9.53 Å². The highest BCUT2D eigenvalue weighted by molar-refractivity contribution is 5.71. The number of hydrogen-bond donors (Lipinski definition) is 2. The third kappa shape index (κ3) is 4.18. The molecule has 1 saturated carbocycles. The molecule has 3 unspecified atom stereocenters. The third-order valence-corrected chi connectivity index (χ3v) is 4.92. The minimum Gasteiger partial charge on any atom is -0.481 e. The summed E-state index contributed by atoms with van der Waals surface area (Å²) in [5.74, 6) is -0.478. The zero-order chi connectivity index (χ0) is 14.5. The van der Waals surface area contributed by atoms with Gasteiger partial charge in [-0.15, -0.1) is 0 Å². The van der Waals surface area contributed by atoms with Gasteiger partial charge in [0, 0.05) is 19.8 Å². The molecule has 0 heterocycles. The summed E-state index contributed by atoms with van der Waals surface area (Å²) in [5, 5.41) is 12.9. The molecule has 0 spiro atoms. The van der Waals surface area contributed by atoms with E-state index in [1.54, 1.807) is 7.11 Å². The minimum absolute atomic E-state index is 0.145. The number of carbonyl (C=O) groups is 1. The second kappa shape index (κ2) is 7.25. The highest BCUT2D eigenvalue weighted by atomic mass is 16.5. The van der Waals surface area contributed by atoms with Gasteiger partial charge in [0.2, 0.25) is 0 Å². The van der Waals surface area contributed by atoms with E-state index in [0.29, 0.717) is 12.0 Å². The van der Waals surface area contributed by atoms with Gasteiger partial charge in [0.25, 0.3) is 0 Å². The van der Waals surface area contributed by atoms with Gasteiger partial charge in [0.1, 0.15) is 0 Å². The quantitative estimate of drug-likeness (QED) is 0.699. The van der Waals surface area contributed by atoms with Crippen LogP contribution in [0.3, 0.4) is 0 Å². The van der Waals surface area contributed by atoms with E-state index in [4.69, 9.17) is 4.74 Å². The summed E-state index contributed by atoms with van der Waals surface area (Å²) in [4.78, 5) is 11.3. The Morgan fingerprint density at radius 1 is 1.37 bits per heavy atom. The van der Waals surface area contributed by atoms with Gasteiger partial charge in [-0.25, -0.2) is 0 Å². The van der Waals surface area contributed by atoms with Crippen LogP contribution in [0, 0.1) is 17.3 Å². The number of hydrogen-bond acceptors (Lipinski definition) is 3. The molecular weight excluding hydrogens is 242 g/mol. The fraction of sp³-hybridized carbons (Fsp3) is 0.933. The van der Waals surface area contributed by atoms with Crippen molar-refractivity contribution in [3.8, 4) is 0 Å². The zero-order valence-corrected chi connectivity index (χ0v) is 12.7. The van der Waals surface area contributed by atoms with Crippen molar-refractivity contribution in [1.29, 1.82) is 0 Å². The number of ether oxygens (including phenoxy) is 1. The van der Waals surface area contributed by atoms with Gasteiger partial charge in [0.15, 0.2) is 0 Å². The summed E-state index contributed by atoms with van der Waals surface area (Å²) in [6.07, 6.45) is 3.93. The number of unbranched alkanes of at least 4 members (excludes halogenated alkanes) is 1. The van der Waals surface area contributed by atoms with Crippen molar-refractivity contribution >= 4 is 5.97 Å². The first-order valence-corrected chi connectivity index (χ1v) is 7.36. The summed E-state index contributed by atoms with van der Waals surface area (Å²) in [7, 11) is 1.73. The molecule has 0 aromatic heterocycles. The number of carboxylic acids is 1. The topological polar surface area (TPSA) is 58.6 Å². The second-order valence-corrected chi connectivity index (χ2v) is 6.34. The second-order valence-electron chi connectivity index (χ2n) is 6.34. The third-order valence-electron chi connectivity index (χ3n) is 4.92. The molecule has 2 N–H and O–H groups in total. The van der Waals surface area contributed by atoms with Gasteiger partial charge in [-0.2, -0.15) is 0 Å². The predicted octanol–water partition coefficient (Wildman–Crippen LogP) is 2.53. The first-order valence-electron chi connectivity index (χ1n) is 7.36. The smallest absolute Gasteiger partial charge is 0.307 e. The summed E-state index contributed by atoms with van der Waals surface area (Å²) in [6.45, 7) is 8.17. The van der Waals surface area contributed by atoms with Gasteiger partial charge in [-0.05, 0) is 43.6 Å². The highest BCUT2D eigenvalue weighted by Crippen LogP contribution is 2.45. The van der Waals surface area contributed by atoms with Gasteiger partial charge in [-0.3, -0.25) is 4.79 Å². The fourth-order valence-corrected chi connectivity index (χ4v) is 3.18. The van der Waals surface area contributed by atoms with E-state index in [-0.39, 0.29) is 11.3 Å². The van der Waals surface area contributed by atoms with E-state index in [1.165, 1.54) is 0 Å². The Labute approximate surface area is 116 Å². The Bertz CT molecular complexity index is 291. The molecule has 1 aliphatic rings. The van der Waals surface area contributed by atoms with Crippen LogP contribution in [0.5, 0.6) is 0 Å². The molecule has 0 radical (unpaired) electrons. The molecule has 0 bridgehead atoms. The first-order chi connectivity index (χ1) is 8.91. The molecule has 1 fully saturated rings. The lowest BCUT2D eigenvalue weighted by Crippen LogP contribution is -2.51. The maximum Gasteiger partial charge on any atom is 0.307 e. The number of nitrogens with one attached hydrogen (secondary N) is 1. The van der Waals surface area contributed by atoms with E-state index in [1.807, 2.05) is 0 Å². The van der Waals surface area contributed by atoms with E-state index in [9.17, 15) is 9.90 Å². The molecule has 1 aliphatic carbocycles. The Morgan fingerprint density at radius 3 is 2.63 bits per heavy atom. The summed E-state index contributed by atoms with van der Waals surface area (Å²) in [5.41, 5.74) is -0.145. The van der Waals surface area contributed by atoms with Gasteiger partial charge >= 0.3 is 5.97 Å². The normalized spacial score (nSPS) is 30.2. The van der Waals surface area contributed by atoms with Gasteiger partial charge in [-0.1, -0.05) is 20.8 Å². The first kappa shape index (κ1) is 16.4. The molecule has 0 saturated heterocycles. The molecule has 4 heteroatoms. The average molecular weight is 271 g/mol. The predicted molar refractivity (Wildman–Crippen MR) is 76.2 cm³/mol. The van der Waals surface area contributed by atoms with Crippen LogP contribution in [0.2, 0.25) is 0 Å². The number of aliphatic carboxylic acids is 1. The van der Waals surface area contributed by atoms with Crippen LogP contribution in [0.25, 0.3) is 0 Å². The van der Waals surface area contributed by atoms with Crippen LogP contribution in [-0.4, -0.2) is 37.4 Å². The summed E-state index contributed by atoms with van der Waals surface area (Å²) >= 11 is 0. The van der Waals surface area contributed by atoms with Crippen LogP contribution in [0.4, 0.5) is 0 Å². The van der Waals surface area contributed by atoms with Crippen molar-refractivity contribution in [2.24, 2.45) is 17.3 Å². The van der Waals surface area contributed by atoms with Crippen molar-refractivity contribution in [2.75, 3.05) is 20.3 Å². The molecule has 4 nitrogen and oxygen atoms in total. The monoisotopic (exact) mass is 271 g/mol. The fourth-order valence-electron chi connectivity index (χ4n) is 3.18. The molecular formula is C15H29NO3. The number of methoxy groups -OCH3 is 1.